The van der Waals surface area contributed by atoms with Gasteiger partial charge in [0.25, 0.3) is 0 Å². The van der Waals surface area contributed by atoms with Crippen LogP contribution in [-0.4, -0.2) is 15.9 Å². The highest BCUT2D eigenvalue weighted by Gasteiger charge is 2.04. The van der Waals surface area contributed by atoms with Gasteiger partial charge in [-0.1, -0.05) is 41.5 Å². The normalized spacial score (nSPS) is 11.0. The van der Waals surface area contributed by atoms with E-state index in [1.165, 1.54) is 22.3 Å². The number of benzene rings is 2. The monoisotopic (exact) mass is 390 g/mol. The first-order chi connectivity index (χ1) is 13.4. The molecule has 0 atom stereocenters. The molecule has 2 N–H and O–H groups in total. The molecule has 5 heteroatoms. The van der Waals surface area contributed by atoms with E-state index in [-0.39, 0.29) is 0 Å². The van der Waals surface area contributed by atoms with Crippen LogP contribution in [-0.2, 0) is 6.54 Å². The minimum atomic E-state index is 0.468. The molecule has 0 aliphatic heterocycles. The Hall–Kier alpha value is -2.92. The Morgan fingerprint density at radius 3 is 2.54 bits per heavy atom. The highest BCUT2D eigenvalue weighted by Crippen LogP contribution is 2.16. The number of hydrogen-bond acceptors (Lipinski definition) is 2. The Bertz CT molecular complexity index is 1020. The quantitative estimate of drug-likeness (QED) is 0.362. The van der Waals surface area contributed by atoms with Gasteiger partial charge in [-0.05, 0) is 74.8 Å². The Morgan fingerprint density at radius 2 is 1.75 bits per heavy atom. The van der Waals surface area contributed by atoms with Gasteiger partial charge in [-0.25, -0.2) is 0 Å². The first kappa shape index (κ1) is 19.8. The molecule has 0 aliphatic rings. The summed E-state index contributed by atoms with van der Waals surface area (Å²) in [5.41, 5.74) is 11.1. The molecule has 3 aromatic rings. The molecule has 0 unspecified atom stereocenters. The largest absolute Gasteiger partial charge is 0.342 e. The molecule has 144 valence electrons. The topological polar surface area (TPSA) is 41.4 Å². The van der Waals surface area contributed by atoms with Gasteiger partial charge in [0.1, 0.15) is 0 Å². The second-order valence-corrected chi connectivity index (χ2v) is 7.54. The zero-order valence-electron chi connectivity index (χ0n) is 16.8. The van der Waals surface area contributed by atoms with E-state index in [2.05, 4.69) is 84.6 Å². The smallest absolute Gasteiger partial charge is 0.191 e. The van der Waals surface area contributed by atoms with Crippen molar-refractivity contribution in [1.82, 2.24) is 9.99 Å². The van der Waals surface area contributed by atoms with Crippen molar-refractivity contribution >= 4 is 29.2 Å². The fraction of sp³-hybridized carbons (Fsp3) is 0.217. The molecule has 2 aromatic carbocycles. The molecule has 1 heterocycles. The van der Waals surface area contributed by atoms with E-state index in [4.69, 9.17) is 12.2 Å². The Balaban J connectivity index is 1.63. The molecule has 0 aliphatic carbocycles. The number of hydrogen-bond donors (Lipinski definition) is 2. The lowest BCUT2D eigenvalue weighted by Crippen LogP contribution is -2.24. The van der Waals surface area contributed by atoms with Gasteiger partial charge >= 0.3 is 0 Å². The molecule has 0 saturated heterocycles. The van der Waals surface area contributed by atoms with Gasteiger partial charge in [-0.2, -0.15) is 5.10 Å². The lowest BCUT2D eigenvalue weighted by Gasteiger charge is -2.11. The van der Waals surface area contributed by atoms with Gasteiger partial charge in [-0.3, -0.25) is 5.43 Å². The molecule has 0 fully saturated rings. The number of aromatic nitrogens is 1. The Kier molecular flexibility index (Phi) is 6.26. The average molecular weight is 391 g/mol. The summed E-state index contributed by atoms with van der Waals surface area (Å²) in [5, 5.41) is 7.95. The first-order valence-electron chi connectivity index (χ1n) is 9.31. The minimum Gasteiger partial charge on any atom is -0.342 e. The molecule has 0 radical (unpaired) electrons. The number of aryl methyl sites for hydroxylation is 4. The summed E-state index contributed by atoms with van der Waals surface area (Å²) in [7, 11) is 0. The Labute approximate surface area is 172 Å². The molecule has 3 rings (SSSR count). The fourth-order valence-electron chi connectivity index (χ4n) is 3.10. The SMILES string of the molecule is Cc1ccc(NC(=S)N/N=C/c2cccn2Cc2cc(C)ccc2C)c(C)c1. The van der Waals surface area contributed by atoms with Crippen LogP contribution in [0.1, 0.15) is 33.5 Å². The number of nitrogens with one attached hydrogen (secondary N) is 2. The standard InChI is InChI=1S/C23H26N4S/c1-16-8-10-22(19(4)12-16)25-23(28)26-24-14-21-6-5-11-27(21)15-20-13-17(2)7-9-18(20)3/h5-14H,15H2,1-4H3,(H2,25,26,28)/b24-14+. The van der Waals surface area contributed by atoms with Crippen molar-refractivity contribution in [2.45, 2.75) is 34.2 Å². The van der Waals surface area contributed by atoms with E-state index in [9.17, 15) is 0 Å². The van der Waals surface area contributed by atoms with Crippen LogP contribution >= 0.6 is 12.2 Å². The maximum atomic E-state index is 5.35. The van der Waals surface area contributed by atoms with Crippen molar-refractivity contribution in [2.75, 3.05) is 5.32 Å². The van der Waals surface area contributed by atoms with E-state index in [0.717, 1.165) is 23.5 Å². The third-order valence-corrected chi connectivity index (χ3v) is 4.90. The van der Waals surface area contributed by atoms with Crippen LogP contribution in [0.3, 0.4) is 0 Å². The first-order valence-corrected chi connectivity index (χ1v) is 9.72. The van der Waals surface area contributed by atoms with Crippen LogP contribution < -0.4 is 10.7 Å². The second-order valence-electron chi connectivity index (χ2n) is 7.13. The van der Waals surface area contributed by atoms with Crippen LogP contribution in [0.25, 0.3) is 0 Å². The van der Waals surface area contributed by atoms with Crippen molar-refractivity contribution in [3.8, 4) is 0 Å². The second kappa shape index (κ2) is 8.85. The fourth-order valence-corrected chi connectivity index (χ4v) is 3.27. The molecule has 0 bridgehead atoms. The van der Waals surface area contributed by atoms with Crippen LogP contribution in [0.5, 0.6) is 0 Å². The maximum absolute atomic E-state index is 5.35. The summed E-state index contributed by atoms with van der Waals surface area (Å²) in [6.45, 7) is 9.21. The molecule has 0 amide bonds. The average Bonchev–Trinajstić information content (AvgIpc) is 3.08. The zero-order chi connectivity index (χ0) is 20.1. The van der Waals surface area contributed by atoms with Crippen LogP contribution in [0.4, 0.5) is 5.69 Å². The van der Waals surface area contributed by atoms with Crippen molar-refractivity contribution in [3.63, 3.8) is 0 Å². The molecule has 1 aromatic heterocycles. The van der Waals surface area contributed by atoms with Gasteiger partial charge in [-0.15, -0.1) is 0 Å². The molecular weight excluding hydrogens is 364 g/mol. The van der Waals surface area contributed by atoms with Crippen molar-refractivity contribution < 1.29 is 0 Å². The van der Waals surface area contributed by atoms with E-state index < -0.39 is 0 Å². The number of hydrazone groups is 1. The van der Waals surface area contributed by atoms with Crippen molar-refractivity contribution in [3.05, 3.63) is 88.2 Å². The predicted molar refractivity (Wildman–Crippen MR) is 122 cm³/mol. The molecule has 4 nitrogen and oxygen atoms in total. The highest BCUT2D eigenvalue weighted by molar-refractivity contribution is 7.80. The molecular formula is C23H26N4S. The third kappa shape index (κ3) is 5.08. The lowest BCUT2D eigenvalue weighted by molar-refractivity contribution is 0.793. The van der Waals surface area contributed by atoms with Gasteiger partial charge in [0.2, 0.25) is 0 Å². The lowest BCUT2D eigenvalue weighted by atomic mass is 10.1. The van der Waals surface area contributed by atoms with Crippen LogP contribution in [0.2, 0.25) is 0 Å². The van der Waals surface area contributed by atoms with Crippen molar-refractivity contribution in [1.29, 1.82) is 0 Å². The summed E-state index contributed by atoms with van der Waals surface area (Å²) in [5.74, 6) is 0. The number of thiocarbonyl (C=S) groups is 1. The number of rotatable bonds is 5. The third-order valence-electron chi connectivity index (χ3n) is 4.70. The van der Waals surface area contributed by atoms with E-state index in [1.807, 2.05) is 18.2 Å². The highest BCUT2D eigenvalue weighted by atomic mass is 32.1. The summed E-state index contributed by atoms with van der Waals surface area (Å²) in [4.78, 5) is 0. The van der Waals surface area contributed by atoms with Gasteiger partial charge in [0, 0.05) is 18.4 Å². The number of nitrogens with zero attached hydrogens (tertiary/aromatic N) is 2. The summed E-state index contributed by atoms with van der Waals surface area (Å²) in [6, 6.07) is 16.8. The van der Waals surface area contributed by atoms with Crippen molar-refractivity contribution in [2.24, 2.45) is 5.10 Å². The minimum absolute atomic E-state index is 0.468. The molecule has 0 saturated carbocycles. The van der Waals surface area contributed by atoms with E-state index in [1.54, 1.807) is 6.21 Å². The number of anilines is 1. The van der Waals surface area contributed by atoms with Gasteiger partial charge in [0.15, 0.2) is 5.11 Å². The van der Waals surface area contributed by atoms with E-state index >= 15 is 0 Å². The van der Waals surface area contributed by atoms with E-state index in [0.29, 0.717) is 5.11 Å². The summed E-state index contributed by atoms with van der Waals surface area (Å²) in [6.07, 6.45) is 3.86. The zero-order valence-corrected chi connectivity index (χ0v) is 17.6. The summed E-state index contributed by atoms with van der Waals surface area (Å²) >= 11 is 5.35. The maximum Gasteiger partial charge on any atom is 0.191 e. The van der Waals surface area contributed by atoms with Gasteiger partial charge in [0.05, 0.1) is 11.9 Å². The summed E-state index contributed by atoms with van der Waals surface area (Å²) < 4.78 is 2.17. The predicted octanol–water partition coefficient (Wildman–Crippen LogP) is 5.09. The molecule has 28 heavy (non-hydrogen) atoms. The van der Waals surface area contributed by atoms with Crippen LogP contribution in [0.15, 0.2) is 59.8 Å². The van der Waals surface area contributed by atoms with Crippen LogP contribution in [0, 0.1) is 27.7 Å². The molecule has 0 spiro atoms. The van der Waals surface area contributed by atoms with Gasteiger partial charge < -0.3 is 9.88 Å². The Morgan fingerprint density at radius 1 is 1.00 bits per heavy atom.